The molecular weight excluding hydrogens is 365 g/mol. The van der Waals surface area contributed by atoms with Gasteiger partial charge in [-0.05, 0) is 30.3 Å². The van der Waals surface area contributed by atoms with Gasteiger partial charge in [-0.25, -0.2) is 0 Å². The van der Waals surface area contributed by atoms with E-state index >= 15 is 0 Å². The van der Waals surface area contributed by atoms with Gasteiger partial charge in [0, 0.05) is 11.8 Å². The summed E-state index contributed by atoms with van der Waals surface area (Å²) in [6.07, 6.45) is 3.84. The van der Waals surface area contributed by atoms with Gasteiger partial charge in [0.1, 0.15) is 11.8 Å². The molecule has 3 rings (SSSR count). The van der Waals surface area contributed by atoms with Crippen LogP contribution in [-0.2, 0) is 4.79 Å². The van der Waals surface area contributed by atoms with Crippen molar-refractivity contribution in [3.05, 3.63) is 74.6 Å². The first-order valence-electron chi connectivity index (χ1n) is 7.13. The quantitative estimate of drug-likeness (QED) is 0.523. The minimum absolute atomic E-state index is 0.0157. The number of carbonyl (C=O) groups excluding carboxylic acids is 1. The van der Waals surface area contributed by atoms with Crippen LogP contribution in [0.15, 0.2) is 57.9 Å². The van der Waals surface area contributed by atoms with Crippen LogP contribution in [0.1, 0.15) is 5.56 Å². The van der Waals surface area contributed by atoms with Gasteiger partial charge < -0.3 is 14.8 Å². The van der Waals surface area contributed by atoms with E-state index in [0.29, 0.717) is 16.7 Å². The third kappa shape index (κ3) is 3.68. The molecule has 1 amide bonds. The molecule has 0 saturated carbocycles. The molecule has 25 heavy (non-hydrogen) atoms. The molecule has 0 aliphatic carbocycles. The maximum atomic E-state index is 12.3. The normalized spacial score (nSPS) is 11.1. The Morgan fingerprint density at radius 2 is 1.84 bits per heavy atom. The largest absolute Gasteiger partial charge is 0.505 e. The van der Waals surface area contributed by atoms with Crippen LogP contribution in [0, 0.1) is 0 Å². The van der Waals surface area contributed by atoms with Gasteiger partial charge in [0.15, 0.2) is 11.2 Å². The highest BCUT2D eigenvalue weighted by atomic mass is 35.5. The van der Waals surface area contributed by atoms with E-state index in [4.69, 9.17) is 27.6 Å². The Morgan fingerprint density at radius 3 is 2.56 bits per heavy atom. The van der Waals surface area contributed by atoms with Crippen molar-refractivity contribution in [1.29, 1.82) is 0 Å². The molecule has 3 aromatic rings. The van der Waals surface area contributed by atoms with Gasteiger partial charge in [-0.2, -0.15) is 0 Å². The molecule has 0 aliphatic heterocycles. The first-order valence-corrected chi connectivity index (χ1v) is 7.89. The minimum atomic E-state index is -0.495. The summed E-state index contributed by atoms with van der Waals surface area (Å²) in [6.45, 7) is 0. The zero-order valence-electron chi connectivity index (χ0n) is 12.6. The van der Waals surface area contributed by atoms with E-state index in [-0.39, 0.29) is 26.8 Å². The first-order chi connectivity index (χ1) is 12.0. The van der Waals surface area contributed by atoms with Crippen molar-refractivity contribution in [1.82, 2.24) is 0 Å². The van der Waals surface area contributed by atoms with Crippen molar-refractivity contribution in [2.75, 3.05) is 5.32 Å². The zero-order chi connectivity index (χ0) is 18.0. The lowest BCUT2D eigenvalue weighted by atomic mass is 10.1. The van der Waals surface area contributed by atoms with Gasteiger partial charge in [0.2, 0.25) is 5.91 Å². The number of phenolic OH excluding ortho intramolecular Hbond substituents is 1. The van der Waals surface area contributed by atoms with Crippen LogP contribution in [0.2, 0.25) is 10.0 Å². The number of fused-ring (bicyclic) bond motifs is 1. The molecule has 0 atom stereocenters. The Labute approximate surface area is 152 Å². The Morgan fingerprint density at radius 1 is 1.16 bits per heavy atom. The summed E-state index contributed by atoms with van der Waals surface area (Å²) in [5, 5.41) is 12.5. The van der Waals surface area contributed by atoms with E-state index in [1.807, 2.05) is 0 Å². The molecule has 126 valence electrons. The van der Waals surface area contributed by atoms with Gasteiger partial charge in [-0.15, -0.1) is 0 Å². The van der Waals surface area contributed by atoms with E-state index in [2.05, 4.69) is 5.32 Å². The number of carbonyl (C=O) groups is 1. The lowest BCUT2D eigenvalue weighted by Gasteiger charge is -2.06. The van der Waals surface area contributed by atoms with Crippen LogP contribution < -0.4 is 10.7 Å². The van der Waals surface area contributed by atoms with Gasteiger partial charge in [-0.1, -0.05) is 35.3 Å². The second-order valence-electron chi connectivity index (χ2n) is 5.13. The van der Waals surface area contributed by atoms with Crippen molar-refractivity contribution in [3.8, 4) is 5.75 Å². The fourth-order valence-electron chi connectivity index (χ4n) is 2.20. The van der Waals surface area contributed by atoms with E-state index in [9.17, 15) is 14.7 Å². The number of hydrogen-bond acceptors (Lipinski definition) is 4. The molecule has 0 fully saturated rings. The molecule has 0 bridgehead atoms. The Bertz CT molecular complexity index is 1030. The van der Waals surface area contributed by atoms with Crippen LogP contribution in [0.3, 0.4) is 0 Å². The Balaban J connectivity index is 1.81. The molecule has 0 unspecified atom stereocenters. The number of benzene rings is 2. The Hall–Kier alpha value is -2.76. The SMILES string of the molecule is O=C(/C=C/c1coc2ccccc2c1=O)Nc1cc(Cl)c(O)c(Cl)c1. The summed E-state index contributed by atoms with van der Waals surface area (Å²) in [5.74, 6) is -0.754. The number of hydrogen-bond donors (Lipinski definition) is 2. The highest BCUT2D eigenvalue weighted by molar-refractivity contribution is 6.37. The van der Waals surface area contributed by atoms with Crippen LogP contribution in [-0.4, -0.2) is 11.0 Å². The molecule has 7 heteroatoms. The molecule has 0 radical (unpaired) electrons. The number of halogens is 2. The van der Waals surface area contributed by atoms with Crippen LogP contribution in [0.4, 0.5) is 5.69 Å². The predicted octanol–water partition coefficient (Wildman–Crippen LogP) is 4.46. The van der Waals surface area contributed by atoms with Gasteiger partial charge in [-0.3, -0.25) is 9.59 Å². The molecule has 5 nitrogen and oxygen atoms in total. The molecule has 0 spiro atoms. The average molecular weight is 376 g/mol. The van der Waals surface area contributed by atoms with Gasteiger partial charge >= 0.3 is 0 Å². The molecule has 2 aromatic carbocycles. The standard InChI is InChI=1S/C18H11Cl2NO4/c19-13-7-11(8-14(20)18(13)24)21-16(22)6-5-10-9-25-15-4-2-1-3-12(15)17(10)23/h1-9,24H,(H,21,22)/b6-5+. The molecular formula is C18H11Cl2NO4. The molecule has 1 aromatic heterocycles. The van der Waals surface area contributed by atoms with Crippen LogP contribution >= 0.6 is 23.2 Å². The average Bonchev–Trinajstić information content (AvgIpc) is 2.59. The van der Waals surface area contributed by atoms with Gasteiger partial charge in [0.25, 0.3) is 0 Å². The number of rotatable bonds is 3. The second-order valence-corrected chi connectivity index (χ2v) is 5.94. The number of amides is 1. The fraction of sp³-hybridized carbons (Fsp3) is 0. The second kappa shape index (κ2) is 7.01. The zero-order valence-corrected chi connectivity index (χ0v) is 14.1. The Kier molecular flexibility index (Phi) is 4.79. The molecule has 0 saturated heterocycles. The van der Waals surface area contributed by atoms with Crippen LogP contribution in [0.5, 0.6) is 5.75 Å². The number of para-hydroxylation sites is 1. The number of anilines is 1. The molecule has 0 aliphatic rings. The van der Waals surface area contributed by atoms with Gasteiger partial charge in [0.05, 0.1) is 21.0 Å². The molecule has 2 N–H and O–H groups in total. The van der Waals surface area contributed by atoms with Crippen LogP contribution in [0.25, 0.3) is 17.0 Å². The van der Waals surface area contributed by atoms with E-state index in [1.165, 1.54) is 30.5 Å². The van der Waals surface area contributed by atoms with Crippen molar-refractivity contribution < 1.29 is 14.3 Å². The monoisotopic (exact) mass is 375 g/mol. The van der Waals surface area contributed by atoms with Crippen molar-refractivity contribution >= 4 is 51.8 Å². The number of nitrogens with one attached hydrogen (secondary N) is 1. The highest BCUT2D eigenvalue weighted by Gasteiger charge is 2.08. The maximum absolute atomic E-state index is 12.3. The summed E-state index contributed by atoms with van der Waals surface area (Å²) in [7, 11) is 0. The van der Waals surface area contributed by atoms with E-state index in [1.54, 1.807) is 24.3 Å². The topological polar surface area (TPSA) is 79.5 Å². The summed E-state index contributed by atoms with van der Waals surface area (Å²) < 4.78 is 5.37. The minimum Gasteiger partial charge on any atom is -0.505 e. The lowest BCUT2D eigenvalue weighted by Crippen LogP contribution is -2.09. The summed E-state index contributed by atoms with van der Waals surface area (Å²) >= 11 is 11.6. The highest BCUT2D eigenvalue weighted by Crippen LogP contribution is 2.34. The molecule has 1 heterocycles. The summed E-state index contributed by atoms with van der Waals surface area (Å²) in [4.78, 5) is 24.3. The van der Waals surface area contributed by atoms with Crippen molar-refractivity contribution in [2.24, 2.45) is 0 Å². The first kappa shape index (κ1) is 17.1. The van der Waals surface area contributed by atoms with Crippen molar-refractivity contribution in [3.63, 3.8) is 0 Å². The summed E-state index contributed by atoms with van der Waals surface area (Å²) in [5.41, 5.74) is 0.799. The van der Waals surface area contributed by atoms with Crippen molar-refractivity contribution in [2.45, 2.75) is 0 Å². The van der Waals surface area contributed by atoms with E-state index in [0.717, 1.165) is 0 Å². The smallest absolute Gasteiger partial charge is 0.248 e. The third-order valence-corrected chi connectivity index (χ3v) is 3.98. The third-order valence-electron chi connectivity index (χ3n) is 3.41. The lowest BCUT2D eigenvalue weighted by molar-refractivity contribution is -0.111. The number of phenols is 1. The maximum Gasteiger partial charge on any atom is 0.248 e. The number of aromatic hydroxyl groups is 1. The van der Waals surface area contributed by atoms with E-state index < -0.39 is 5.91 Å². The summed E-state index contributed by atoms with van der Waals surface area (Å²) in [6, 6.07) is 9.56. The predicted molar refractivity (Wildman–Crippen MR) is 98.3 cm³/mol. The fourth-order valence-corrected chi connectivity index (χ4v) is 2.68.